The molecule has 0 bridgehead atoms. The first-order chi connectivity index (χ1) is 9.61. The molecule has 0 aliphatic heterocycles. The molecule has 0 saturated heterocycles. The van der Waals surface area contributed by atoms with E-state index in [2.05, 4.69) is 20.7 Å². The second-order valence-corrected chi connectivity index (χ2v) is 4.98. The van der Waals surface area contributed by atoms with Gasteiger partial charge in [0.25, 0.3) is 0 Å². The van der Waals surface area contributed by atoms with Crippen LogP contribution in [-0.4, -0.2) is 18.2 Å². The number of hydrogen-bond donors (Lipinski definition) is 1. The molecule has 2 rings (SSSR count). The molecule has 0 aromatic heterocycles. The summed E-state index contributed by atoms with van der Waals surface area (Å²) in [5.74, 6) is -0.618. The van der Waals surface area contributed by atoms with Crippen molar-refractivity contribution in [3.63, 3.8) is 0 Å². The van der Waals surface area contributed by atoms with Gasteiger partial charge < -0.3 is 14.6 Å². The molecule has 0 aliphatic rings. The van der Waals surface area contributed by atoms with Crippen molar-refractivity contribution in [3.8, 4) is 11.5 Å². The van der Waals surface area contributed by atoms with Gasteiger partial charge in [-0.1, -0.05) is 46.3 Å². The van der Waals surface area contributed by atoms with Crippen molar-refractivity contribution >= 4 is 21.9 Å². The Hall–Kier alpha value is -2.01. The highest BCUT2D eigenvalue weighted by Gasteiger charge is 2.17. The fourth-order valence-electron chi connectivity index (χ4n) is 1.69. The van der Waals surface area contributed by atoms with Crippen molar-refractivity contribution in [1.29, 1.82) is 0 Å². The van der Waals surface area contributed by atoms with Crippen LogP contribution in [0.3, 0.4) is 0 Å². The van der Waals surface area contributed by atoms with Crippen LogP contribution in [0.4, 0.5) is 0 Å². The molecule has 0 saturated carbocycles. The monoisotopic (exact) mass is 336 g/mol. The van der Waals surface area contributed by atoms with Gasteiger partial charge in [-0.15, -0.1) is 0 Å². The molecular weight excluding hydrogens is 324 g/mol. The summed E-state index contributed by atoms with van der Waals surface area (Å²) in [5, 5.41) is 10.0. The van der Waals surface area contributed by atoms with Crippen molar-refractivity contribution < 1.29 is 19.4 Å². The summed E-state index contributed by atoms with van der Waals surface area (Å²) < 4.78 is 10.8. The van der Waals surface area contributed by atoms with Gasteiger partial charge in [0.1, 0.15) is 12.2 Å². The van der Waals surface area contributed by atoms with E-state index in [9.17, 15) is 9.90 Å². The minimum absolute atomic E-state index is 0.0601. The quantitative estimate of drug-likeness (QED) is 0.868. The van der Waals surface area contributed by atoms with Crippen LogP contribution in [0, 0.1) is 0 Å². The van der Waals surface area contributed by atoms with E-state index >= 15 is 0 Å². The van der Waals surface area contributed by atoms with Crippen LogP contribution in [0.2, 0.25) is 0 Å². The topological polar surface area (TPSA) is 55.8 Å². The Bertz CT molecular complexity index is 611. The van der Waals surface area contributed by atoms with Crippen LogP contribution in [0.25, 0.3) is 0 Å². The van der Waals surface area contributed by atoms with E-state index in [1.165, 1.54) is 13.2 Å². The minimum atomic E-state index is -0.617. The van der Waals surface area contributed by atoms with Crippen molar-refractivity contribution in [1.82, 2.24) is 0 Å². The Balaban J connectivity index is 2.23. The summed E-state index contributed by atoms with van der Waals surface area (Å²) in [7, 11) is 1.26. The third-order valence-electron chi connectivity index (χ3n) is 2.68. The average Bonchev–Trinajstić information content (AvgIpc) is 2.48. The fourth-order valence-corrected chi connectivity index (χ4v) is 2.12. The molecule has 0 heterocycles. The second kappa shape index (κ2) is 6.43. The van der Waals surface area contributed by atoms with Gasteiger partial charge in [-0.05, 0) is 17.7 Å². The van der Waals surface area contributed by atoms with Crippen LogP contribution in [-0.2, 0) is 11.3 Å². The summed E-state index contributed by atoms with van der Waals surface area (Å²) in [6, 6.07) is 12.6. The first-order valence-corrected chi connectivity index (χ1v) is 6.68. The number of ether oxygens (including phenoxy) is 2. The van der Waals surface area contributed by atoms with E-state index < -0.39 is 5.97 Å². The highest BCUT2D eigenvalue weighted by molar-refractivity contribution is 9.10. The molecule has 0 fully saturated rings. The SMILES string of the molecule is COC(=O)c1cc(Br)cc(OCc2ccccc2)c1O. The number of carbonyl (C=O) groups is 1. The maximum Gasteiger partial charge on any atom is 0.341 e. The molecule has 2 aromatic carbocycles. The van der Waals surface area contributed by atoms with E-state index in [4.69, 9.17) is 4.74 Å². The van der Waals surface area contributed by atoms with E-state index in [0.29, 0.717) is 11.1 Å². The van der Waals surface area contributed by atoms with Gasteiger partial charge in [0.05, 0.1) is 7.11 Å². The molecule has 20 heavy (non-hydrogen) atoms. The van der Waals surface area contributed by atoms with E-state index in [-0.39, 0.29) is 17.1 Å². The smallest absolute Gasteiger partial charge is 0.341 e. The lowest BCUT2D eigenvalue weighted by molar-refractivity contribution is 0.0596. The zero-order valence-electron chi connectivity index (χ0n) is 10.8. The van der Waals surface area contributed by atoms with Gasteiger partial charge >= 0.3 is 5.97 Å². The molecule has 0 unspecified atom stereocenters. The minimum Gasteiger partial charge on any atom is -0.504 e. The molecule has 4 nitrogen and oxygen atoms in total. The number of benzene rings is 2. The highest BCUT2D eigenvalue weighted by Crippen LogP contribution is 2.34. The third kappa shape index (κ3) is 3.30. The van der Waals surface area contributed by atoms with Crippen molar-refractivity contribution in [2.24, 2.45) is 0 Å². The second-order valence-electron chi connectivity index (χ2n) is 4.07. The lowest BCUT2D eigenvalue weighted by atomic mass is 10.2. The maximum absolute atomic E-state index is 11.6. The summed E-state index contributed by atoms with van der Waals surface area (Å²) >= 11 is 3.27. The zero-order valence-corrected chi connectivity index (χ0v) is 12.4. The Morgan fingerprint density at radius 2 is 1.95 bits per heavy atom. The molecule has 0 atom stereocenters. The fraction of sp³-hybridized carbons (Fsp3) is 0.133. The number of carbonyl (C=O) groups excluding carboxylic acids is 1. The van der Waals surface area contributed by atoms with E-state index in [0.717, 1.165) is 5.56 Å². The molecule has 104 valence electrons. The van der Waals surface area contributed by atoms with Gasteiger partial charge in [-0.3, -0.25) is 0 Å². The van der Waals surface area contributed by atoms with Crippen LogP contribution >= 0.6 is 15.9 Å². The number of methoxy groups -OCH3 is 1. The Morgan fingerprint density at radius 1 is 1.25 bits per heavy atom. The van der Waals surface area contributed by atoms with Crippen molar-refractivity contribution in [2.75, 3.05) is 7.11 Å². The normalized spacial score (nSPS) is 10.1. The maximum atomic E-state index is 11.6. The molecule has 2 aromatic rings. The molecule has 0 spiro atoms. The molecule has 0 aliphatic carbocycles. The number of hydrogen-bond acceptors (Lipinski definition) is 4. The first kappa shape index (κ1) is 14.4. The molecular formula is C15H13BrO4. The summed E-state index contributed by atoms with van der Waals surface area (Å²) in [5.41, 5.74) is 1.02. The molecule has 1 N–H and O–H groups in total. The predicted molar refractivity (Wildman–Crippen MR) is 77.9 cm³/mol. The summed E-state index contributed by atoms with van der Waals surface area (Å²) in [4.78, 5) is 11.6. The highest BCUT2D eigenvalue weighted by atomic mass is 79.9. The largest absolute Gasteiger partial charge is 0.504 e. The number of phenols is 1. The summed E-state index contributed by atoms with van der Waals surface area (Å²) in [6.07, 6.45) is 0. The third-order valence-corrected chi connectivity index (χ3v) is 3.14. The lowest BCUT2D eigenvalue weighted by Gasteiger charge is -2.11. The number of phenolic OH excluding ortho intramolecular Hbond substituents is 1. The van der Waals surface area contributed by atoms with Gasteiger partial charge in [-0.2, -0.15) is 0 Å². The lowest BCUT2D eigenvalue weighted by Crippen LogP contribution is -2.03. The van der Waals surface area contributed by atoms with Gasteiger partial charge in [-0.25, -0.2) is 4.79 Å². The molecule has 0 radical (unpaired) electrons. The summed E-state index contributed by atoms with van der Waals surface area (Å²) in [6.45, 7) is 0.297. The number of rotatable bonds is 4. The van der Waals surface area contributed by atoms with Gasteiger partial charge in [0.2, 0.25) is 0 Å². The molecule has 5 heteroatoms. The zero-order chi connectivity index (χ0) is 14.5. The Kier molecular flexibility index (Phi) is 4.63. The standard InChI is InChI=1S/C15H13BrO4/c1-19-15(18)12-7-11(16)8-13(14(12)17)20-9-10-5-3-2-4-6-10/h2-8,17H,9H2,1H3. The van der Waals surface area contributed by atoms with Crippen LogP contribution < -0.4 is 4.74 Å². The number of halogens is 1. The van der Waals surface area contributed by atoms with Gasteiger partial charge in [0, 0.05) is 4.47 Å². The van der Waals surface area contributed by atoms with E-state index in [1.807, 2.05) is 30.3 Å². The van der Waals surface area contributed by atoms with E-state index in [1.54, 1.807) is 6.07 Å². The van der Waals surface area contributed by atoms with Crippen LogP contribution in [0.15, 0.2) is 46.9 Å². The van der Waals surface area contributed by atoms with Crippen LogP contribution in [0.5, 0.6) is 11.5 Å². The van der Waals surface area contributed by atoms with Gasteiger partial charge in [0.15, 0.2) is 11.5 Å². The predicted octanol–water partition coefficient (Wildman–Crippen LogP) is 3.52. The number of esters is 1. The molecule has 0 amide bonds. The Labute approximate surface area is 125 Å². The van der Waals surface area contributed by atoms with Crippen molar-refractivity contribution in [2.45, 2.75) is 6.61 Å². The average molecular weight is 337 g/mol. The Morgan fingerprint density at radius 3 is 2.60 bits per heavy atom. The number of aromatic hydroxyl groups is 1. The first-order valence-electron chi connectivity index (χ1n) is 5.89. The van der Waals surface area contributed by atoms with Crippen LogP contribution in [0.1, 0.15) is 15.9 Å². The van der Waals surface area contributed by atoms with Crippen molar-refractivity contribution in [3.05, 3.63) is 58.1 Å².